The fourth-order valence-electron chi connectivity index (χ4n) is 2.48. The van der Waals surface area contributed by atoms with E-state index in [4.69, 9.17) is 0 Å². The summed E-state index contributed by atoms with van der Waals surface area (Å²) >= 11 is 0. The summed E-state index contributed by atoms with van der Waals surface area (Å²) in [5.41, 5.74) is 0.624. The third-order valence-electron chi connectivity index (χ3n) is 4.35. The van der Waals surface area contributed by atoms with Gasteiger partial charge in [0.15, 0.2) is 0 Å². The molecule has 0 nitrogen and oxygen atoms in total. The Balaban J connectivity index is 2.73. The molecule has 0 aliphatic heterocycles. The maximum atomic E-state index is 2.46. The largest absolute Gasteiger partial charge is 0.0622 e. The lowest BCUT2D eigenvalue weighted by Gasteiger charge is -2.35. The lowest BCUT2D eigenvalue weighted by atomic mass is 9.70. The van der Waals surface area contributed by atoms with Crippen LogP contribution in [0.25, 0.3) is 0 Å². The molecule has 1 rings (SSSR count). The third kappa shape index (κ3) is 1.32. The molecular formula is C11H22. The maximum absolute atomic E-state index is 2.46. The van der Waals surface area contributed by atoms with E-state index in [2.05, 4.69) is 34.6 Å². The van der Waals surface area contributed by atoms with E-state index in [1.807, 2.05) is 0 Å². The topological polar surface area (TPSA) is 0 Å². The highest BCUT2D eigenvalue weighted by Crippen LogP contribution is 2.50. The molecule has 66 valence electrons. The molecule has 1 aliphatic carbocycles. The molecule has 0 heterocycles. The highest BCUT2D eigenvalue weighted by Gasteiger charge is 2.41. The zero-order chi connectivity index (χ0) is 8.65. The molecule has 1 aliphatic rings. The highest BCUT2D eigenvalue weighted by molar-refractivity contribution is 4.91. The average molecular weight is 154 g/mol. The Kier molecular flexibility index (Phi) is 2.32. The van der Waals surface area contributed by atoms with Crippen LogP contribution in [-0.4, -0.2) is 0 Å². The van der Waals surface area contributed by atoms with Crippen LogP contribution in [0.5, 0.6) is 0 Å². The minimum absolute atomic E-state index is 0.624. The summed E-state index contributed by atoms with van der Waals surface area (Å²) in [7, 11) is 0. The minimum atomic E-state index is 0.624. The van der Waals surface area contributed by atoms with E-state index < -0.39 is 0 Å². The van der Waals surface area contributed by atoms with Crippen molar-refractivity contribution in [3.8, 4) is 0 Å². The second-order valence-corrected chi connectivity index (χ2v) is 4.97. The van der Waals surface area contributed by atoms with Gasteiger partial charge in [0, 0.05) is 0 Å². The van der Waals surface area contributed by atoms with E-state index in [1.54, 1.807) is 0 Å². The van der Waals surface area contributed by atoms with Crippen molar-refractivity contribution in [1.29, 1.82) is 0 Å². The molecule has 3 atom stereocenters. The van der Waals surface area contributed by atoms with Crippen molar-refractivity contribution in [2.45, 2.75) is 47.5 Å². The molecule has 0 heteroatoms. The minimum Gasteiger partial charge on any atom is -0.0622 e. The van der Waals surface area contributed by atoms with E-state index in [-0.39, 0.29) is 0 Å². The van der Waals surface area contributed by atoms with Gasteiger partial charge in [-0.05, 0) is 36.0 Å². The van der Waals surface area contributed by atoms with Crippen LogP contribution in [0.2, 0.25) is 0 Å². The Bertz CT molecular complexity index is 137. The van der Waals surface area contributed by atoms with E-state index in [0.717, 1.165) is 17.8 Å². The molecule has 1 fully saturated rings. The average Bonchev–Trinajstić information content (AvgIpc) is 2.18. The second kappa shape index (κ2) is 2.80. The summed E-state index contributed by atoms with van der Waals surface area (Å²) in [4.78, 5) is 0. The third-order valence-corrected chi connectivity index (χ3v) is 4.35. The predicted octanol–water partition coefficient (Wildman–Crippen LogP) is 3.71. The van der Waals surface area contributed by atoms with Gasteiger partial charge < -0.3 is 0 Å². The van der Waals surface area contributed by atoms with Crippen LogP contribution in [0.4, 0.5) is 0 Å². The standard InChI is InChI=1S/C11H22/c1-8(2)11(5)7-6-9(3)10(11)4/h8-10H,6-7H2,1-5H3. The quantitative estimate of drug-likeness (QED) is 0.540. The van der Waals surface area contributed by atoms with Crippen molar-refractivity contribution in [3.63, 3.8) is 0 Å². The van der Waals surface area contributed by atoms with Crippen LogP contribution in [0, 0.1) is 23.2 Å². The van der Waals surface area contributed by atoms with Crippen LogP contribution < -0.4 is 0 Å². The Morgan fingerprint density at radius 2 is 1.82 bits per heavy atom. The van der Waals surface area contributed by atoms with Gasteiger partial charge in [-0.1, -0.05) is 34.6 Å². The first kappa shape index (κ1) is 9.09. The van der Waals surface area contributed by atoms with Crippen molar-refractivity contribution >= 4 is 0 Å². The fourth-order valence-corrected chi connectivity index (χ4v) is 2.48. The molecule has 0 aromatic heterocycles. The van der Waals surface area contributed by atoms with Crippen LogP contribution in [0.3, 0.4) is 0 Å². The Morgan fingerprint density at radius 1 is 1.27 bits per heavy atom. The zero-order valence-corrected chi connectivity index (χ0v) is 8.65. The number of rotatable bonds is 1. The smallest absolute Gasteiger partial charge is 0.0274 e. The van der Waals surface area contributed by atoms with Crippen LogP contribution in [0.1, 0.15) is 47.5 Å². The molecule has 11 heavy (non-hydrogen) atoms. The van der Waals surface area contributed by atoms with Crippen LogP contribution in [-0.2, 0) is 0 Å². The van der Waals surface area contributed by atoms with Crippen molar-refractivity contribution in [2.24, 2.45) is 23.2 Å². The van der Waals surface area contributed by atoms with Gasteiger partial charge in [-0.3, -0.25) is 0 Å². The zero-order valence-electron chi connectivity index (χ0n) is 8.65. The molecule has 0 aromatic rings. The summed E-state index contributed by atoms with van der Waals surface area (Å²) in [5.74, 6) is 2.72. The summed E-state index contributed by atoms with van der Waals surface area (Å²) < 4.78 is 0. The molecule has 0 N–H and O–H groups in total. The molecule has 0 saturated heterocycles. The number of hydrogen-bond acceptors (Lipinski definition) is 0. The van der Waals surface area contributed by atoms with Gasteiger partial charge in [0.2, 0.25) is 0 Å². The molecule has 1 saturated carbocycles. The van der Waals surface area contributed by atoms with E-state index in [1.165, 1.54) is 12.8 Å². The maximum Gasteiger partial charge on any atom is -0.0274 e. The Hall–Kier alpha value is 0. The molecule has 0 radical (unpaired) electrons. The second-order valence-electron chi connectivity index (χ2n) is 4.97. The van der Waals surface area contributed by atoms with Gasteiger partial charge in [0.25, 0.3) is 0 Å². The van der Waals surface area contributed by atoms with Crippen LogP contribution in [0.15, 0.2) is 0 Å². The molecular weight excluding hydrogens is 132 g/mol. The fraction of sp³-hybridized carbons (Fsp3) is 1.00. The summed E-state index contributed by atoms with van der Waals surface area (Å²) in [5, 5.41) is 0. The molecule has 0 bridgehead atoms. The molecule has 0 spiro atoms. The van der Waals surface area contributed by atoms with Crippen molar-refractivity contribution in [1.82, 2.24) is 0 Å². The van der Waals surface area contributed by atoms with Gasteiger partial charge in [0.1, 0.15) is 0 Å². The van der Waals surface area contributed by atoms with Crippen molar-refractivity contribution in [2.75, 3.05) is 0 Å². The van der Waals surface area contributed by atoms with E-state index in [0.29, 0.717) is 5.41 Å². The van der Waals surface area contributed by atoms with E-state index >= 15 is 0 Å². The van der Waals surface area contributed by atoms with Gasteiger partial charge >= 0.3 is 0 Å². The first-order chi connectivity index (χ1) is 4.98. The van der Waals surface area contributed by atoms with E-state index in [9.17, 15) is 0 Å². The lowest BCUT2D eigenvalue weighted by Crippen LogP contribution is -2.27. The van der Waals surface area contributed by atoms with Gasteiger partial charge in [-0.25, -0.2) is 0 Å². The van der Waals surface area contributed by atoms with Crippen LogP contribution >= 0.6 is 0 Å². The lowest BCUT2D eigenvalue weighted by molar-refractivity contribution is 0.143. The Morgan fingerprint density at radius 3 is 2.00 bits per heavy atom. The summed E-state index contributed by atoms with van der Waals surface area (Å²) in [6.07, 6.45) is 2.88. The van der Waals surface area contributed by atoms with Crippen molar-refractivity contribution in [3.05, 3.63) is 0 Å². The normalized spacial score (nSPS) is 45.3. The molecule has 0 aromatic carbocycles. The Labute approximate surface area is 71.4 Å². The molecule has 3 unspecified atom stereocenters. The SMILES string of the molecule is CC1CCC(C)(C(C)C)C1C. The first-order valence-electron chi connectivity index (χ1n) is 4.98. The van der Waals surface area contributed by atoms with Crippen molar-refractivity contribution < 1.29 is 0 Å². The summed E-state index contributed by atoms with van der Waals surface area (Å²) in [6, 6.07) is 0. The summed E-state index contributed by atoms with van der Waals surface area (Å²) in [6.45, 7) is 12.0. The predicted molar refractivity (Wildman–Crippen MR) is 50.5 cm³/mol. The van der Waals surface area contributed by atoms with Gasteiger partial charge in [-0.2, -0.15) is 0 Å². The highest BCUT2D eigenvalue weighted by atomic mass is 14.5. The number of hydrogen-bond donors (Lipinski definition) is 0. The molecule has 0 amide bonds. The van der Waals surface area contributed by atoms with Gasteiger partial charge in [0.05, 0.1) is 0 Å². The van der Waals surface area contributed by atoms with Gasteiger partial charge in [-0.15, -0.1) is 0 Å². The monoisotopic (exact) mass is 154 g/mol. The first-order valence-corrected chi connectivity index (χ1v) is 4.98.